The van der Waals surface area contributed by atoms with Crippen LogP contribution in [0.5, 0.6) is 0 Å². The van der Waals surface area contributed by atoms with Crippen LogP contribution in [-0.2, 0) is 9.53 Å². The molecule has 9 nitrogen and oxygen atoms in total. The van der Waals surface area contributed by atoms with Gasteiger partial charge in [0, 0.05) is 48.7 Å². The number of hydrogen-bond donors (Lipinski definition) is 4. The molecule has 0 unspecified atom stereocenters. The first-order valence-electron chi connectivity index (χ1n) is 12.1. The second-order valence-electron chi connectivity index (χ2n) is 9.75. The number of allylic oxidation sites excluding steroid dienone is 1. The van der Waals surface area contributed by atoms with Crippen molar-refractivity contribution in [2.24, 2.45) is 16.9 Å². The van der Waals surface area contributed by atoms with Crippen molar-refractivity contribution in [3.8, 4) is 5.69 Å². The molecule has 2 fully saturated rings. The second kappa shape index (κ2) is 10.8. The average Bonchev–Trinajstić information content (AvgIpc) is 3.48. The van der Waals surface area contributed by atoms with Crippen LogP contribution in [0.4, 0.5) is 13.2 Å². The summed E-state index contributed by atoms with van der Waals surface area (Å²) in [4.78, 5) is 13.1. The van der Waals surface area contributed by atoms with Gasteiger partial charge in [-0.15, -0.1) is 0 Å². The van der Waals surface area contributed by atoms with Crippen LogP contribution in [0.3, 0.4) is 0 Å². The van der Waals surface area contributed by atoms with E-state index in [0.29, 0.717) is 44.6 Å². The Morgan fingerprint density at radius 3 is 2.61 bits per heavy atom. The van der Waals surface area contributed by atoms with E-state index in [0.717, 1.165) is 6.20 Å². The summed E-state index contributed by atoms with van der Waals surface area (Å²) in [6, 6.07) is 5.08. The number of hydrogen-bond acceptors (Lipinski definition) is 7. The van der Waals surface area contributed by atoms with Crippen molar-refractivity contribution in [2.45, 2.75) is 44.5 Å². The van der Waals surface area contributed by atoms with Crippen molar-refractivity contribution in [1.82, 2.24) is 20.0 Å². The Balaban J connectivity index is 1.53. The third-order valence-corrected chi connectivity index (χ3v) is 7.33. The molecule has 0 radical (unpaired) electrons. The van der Waals surface area contributed by atoms with Crippen molar-refractivity contribution in [3.63, 3.8) is 0 Å². The number of benzene rings is 1. The SMILES string of the molecule is Cc1ccn(-c2cc(Cl)ccc2[C@@H](OC(=C/N)/C=C(\N)N2CCC3(CC2)CN[C@H](C(=O)O)C3)C(F)(F)F)n1. The van der Waals surface area contributed by atoms with Crippen molar-refractivity contribution >= 4 is 17.6 Å². The van der Waals surface area contributed by atoms with Crippen molar-refractivity contribution in [2.75, 3.05) is 19.6 Å². The van der Waals surface area contributed by atoms with Crippen LogP contribution in [-0.4, -0.2) is 57.6 Å². The Hall–Kier alpha value is -3.38. The fourth-order valence-corrected chi connectivity index (χ4v) is 5.17. The zero-order valence-electron chi connectivity index (χ0n) is 20.7. The molecule has 2 aliphatic rings. The zero-order chi connectivity index (χ0) is 27.7. The van der Waals surface area contributed by atoms with Crippen LogP contribution in [0.2, 0.25) is 5.02 Å². The Morgan fingerprint density at radius 1 is 1.34 bits per heavy atom. The molecule has 13 heteroatoms. The van der Waals surface area contributed by atoms with E-state index in [1.807, 2.05) is 4.90 Å². The van der Waals surface area contributed by atoms with Gasteiger partial charge in [0.15, 0.2) is 0 Å². The van der Waals surface area contributed by atoms with Crippen LogP contribution >= 0.6 is 11.6 Å². The molecule has 1 aromatic carbocycles. The van der Waals surface area contributed by atoms with Gasteiger partial charge in [0.2, 0.25) is 6.10 Å². The molecule has 0 amide bonds. The maximum absolute atomic E-state index is 14.3. The van der Waals surface area contributed by atoms with Gasteiger partial charge in [0.25, 0.3) is 0 Å². The lowest BCUT2D eigenvalue weighted by molar-refractivity contribution is -0.211. The Bertz CT molecular complexity index is 1240. The number of aliphatic carboxylic acids is 1. The smallest absolute Gasteiger partial charge is 0.429 e. The van der Waals surface area contributed by atoms with Gasteiger partial charge < -0.3 is 31.5 Å². The number of carboxylic acids is 1. The molecule has 1 spiro atoms. The molecule has 2 aromatic rings. The van der Waals surface area contributed by atoms with Gasteiger partial charge in [0.1, 0.15) is 17.6 Å². The molecule has 2 atom stereocenters. The lowest BCUT2D eigenvalue weighted by atomic mass is 9.76. The fraction of sp³-hybridized carbons (Fsp3) is 0.440. The normalized spacial score (nSPS) is 21.1. The average molecular weight is 555 g/mol. The van der Waals surface area contributed by atoms with Crippen LogP contribution in [0, 0.1) is 12.3 Å². The monoisotopic (exact) mass is 554 g/mol. The number of likely N-dealkylation sites (tertiary alicyclic amines) is 1. The molecule has 0 aliphatic carbocycles. The molecular weight excluding hydrogens is 525 g/mol. The van der Waals surface area contributed by atoms with Gasteiger partial charge >= 0.3 is 12.1 Å². The van der Waals surface area contributed by atoms with Gasteiger partial charge in [-0.25, -0.2) is 4.68 Å². The largest absolute Gasteiger partial charge is 0.480 e. The van der Waals surface area contributed by atoms with Gasteiger partial charge in [-0.3, -0.25) is 4.79 Å². The predicted octanol–water partition coefficient (Wildman–Crippen LogP) is 3.58. The van der Waals surface area contributed by atoms with E-state index < -0.39 is 24.3 Å². The first-order valence-corrected chi connectivity index (χ1v) is 12.4. The molecular formula is C25H30ClF3N6O3. The summed E-state index contributed by atoms with van der Waals surface area (Å²) in [5, 5.41) is 16.8. The summed E-state index contributed by atoms with van der Waals surface area (Å²) in [6.07, 6.45) is -1.50. The molecule has 2 aliphatic heterocycles. The molecule has 2 saturated heterocycles. The lowest BCUT2D eigenvalue weighted by Gasteiger charge is -2.40. The van der Waals surface area contributed by atoms with Crippen molar-refractivity contribution in [3.05, 3.63) is 70.6 Å². The van der Waals surface area contributed by atoms with Crippen LogP contribution in [0.25, 0.3) is 5.69 Å². The number of ether oxygens (including phenoxy) is 1. The summed E-state index contributed by atoms with van der Waals surface area (Å²) >= 11 is 6.09. The van der Waals surface area contributed by atoms with Crippen molar-refractivity contribution < 1.29 is 27.8 Å². The van der Waals surface area contributed by atoms with E-state index in [1.165, 1.54) is 35.2 Å². The number of nitrogens with zero attached hydrogens (tertiary/aromatic N) is 3. The number of nitrogens with two attached hydrogens (primary N) is 2. The molecule has 1 aromatic heterocycles. The predicted molar refractivity (Wildman–Crippen MR) is 135 cm³/mol. The Labute approximate surface area is 222 Å². The number of halogens is 4. The maximum atomic E-state index is 14.3. The Kier molecular flexibility index (Phi) is 7.84. The van der Waals surface area contributed by atoms with E-state index in [9.17, 15) is 23.1 Å². The fourth-order valence-electron chi connectivity index (χ4n) is 5.00. The highest BCUT2D eigenvalue weighted by atomic mass is 35.5. The highest BCUT2D eigenvalue weighted by molar-refractivity contribution is 6.30. The molecule has 38 heavy (non-hydrogen) atoms. The summed E-state index contributed by atoms with van der Waals surface area (Å²) in [7, 11) is 0. The molecule has 4 rings (SSSR count). The van der Waals surface area contributed by atoms with Crippen LogP contribution in [0.1, 0.15) is 36.6 Å². The summed E-state index contributed by atoms with van der Waals surface area (Å²) in [5.74, 6) is -0.919. The third-order valence-electron chi connectivity index (χ3n) is 7.10. The van der Waals surface area contributed by atoms with E-state index in [4.69, 9.17) is 27.8 Å². The van der Waals surface area contributed by atoms with Crippen LogP contribution in [0.15, 0.2) is 54.3 Å². The zero-order valence-corrected chi connectivity index (χ0v) is 21.5. The van der Waals surface area contributed by atoms with Gasteiger partial charge in [-0.1, -0.05) is 17.7 Å². The first-order chi connectivity index (χ1) is 17.9. The number of rotatable bonds is 7. The van der Waals surface area contributed by atoms with E-state index in [2.05, 4.69) is 10.4 Å². The van der Waals surface area contributed by atoms with Crippen molar-refractivity contribution in [1.29, 1.82) is 0 Å². The highest BCUT2D eigenvalue weighted by Crippen LogP contribution is 2.42. The number of carboxylic acid groups (broad SMARTS) is 1. The summed E-state index contributed by atoms with van der Waals surface area (Å²) in [5.41, 5.74) is 12.3. The number of aryl methyl sites for hydroxylation is 1. The van der Waals surface area contributed by atoms with Crippen LogP contribution < -0.4 is 16.8 Å². The molecule has 206 valence electrons. The van der Waals surface area contributed by atoms with Gasteiger partial charge in [0.05, 0.1) is 11.4 Å². The van der Waals surface area contributed by atoms with Gasteiger partial charge in [-0.2, -0.15) is 18.3 Å². The minimum absolute atomic E-state index is 0.118. The minimum Gasteiger partial charge on any atom is -0.480 e. The molecule has 6 N–H and O–H groups in total. The number of aromatic nitrogens is 2. The maximum Gasteiger partial charge on any atom is 0.429 e. The second-order valence-corrected chi connectivity index (χ2v) is 10.2. The summed E-state index contributed by atoms with van der Waals surface area (Å²) < 4.78 is 49.6. The Morgan fingerprint density at radius 2 is 2.05 bits per heavy atom. The highest BCUT2D eigenvalue weighted by Gasteiger charge is 2.45. The standard InChI is InChI=1S/C25H30ClF3N6O3/c1-15-4-7-35(33-15)20-10-16(26)2-3-18(20)22(25(27,28)29)38-17(13-30)11-21(31)34-8-5-24(6-9-34)12-19(23(36)37)32-14-24/h2-4,7,10-11,13,19,22,32H,5-6,8-9,12,14,30-31H2,1H3,(H,36,37)/b17-13+,21-11+/t19-,22+/m0/s1. The van der Waals surface area contributed by atoms with Gasteiger partial charge in [-0.05, 0) is 49.8 Å². The number of alkyl halides is 3. The molecule has 0 saturated carbocycles. The molecule has 0 bridgehead atoms. The van der Waals surface area contributed by atoms with E-state index in [-0.39, 0.29) is 33.3 Å². The van der Waals surface area contributed by atoms with E-state index in [1.54, 1.807) is 13.0 Å². The lowest BCUT2D eigenvalue weighted by Crippen LogP contribution is -2.42. The number of nitrogens with one attached hydrogen (secondary N) is 1. The van der Waals surface area contributed by atoms with E-state index >= 15 is 0 Å². The third kappa shape index (κ3) is 6.02. The number of carbonyl (C=O) groups is 1. The molecule has 3 heterocycles. The summed E-state index contributed by atoms with van der Waals surface area (Å²) in [6.45, 7) is 3.37. The first kappa shape index (κ1) is 27.6. The topological polar surface area (TPSA) is 132 Å². The number of piperidine rings is 1. The minimum atomic E-state index is -4.80. The quantitative estimate of drug-likeness (QED) is 0.302.